The Kier molecular flexibility index (Phi) is 8.13. The zero-order chi connectivity index (χ0) is 22.2. The topological polar surface area (TPSA) is 86.3 Å². The average molecular weight is 449 g/mol. The summed E-state index contributed by atoms with van der Waals surface area (Å²) in [5.74, 6) is 0.214. The molecule has 2 heterocycles. The Hall–Kier alpha value is -2.78. The normalized spacial score (nSPS) is 13.6. The molecule has 1 N–H and O–H groups in total. The van der Waals surface area contributed by atoms with Gasteiger partial charge in [0.25, 0.3) is 5.91 Å². The quantitative estimate of drug-likeness (QED) is 0.588. The number of hydrogen-bond donors (Lipinski definition) is 1. The van der Waals surface area contributed by atoms with Crippen molar-refractivity contribution in [1.82, 2.24) is 0 Å². The molecule has 9 heteroatoms. The van der Waals surface area contributed by atoms with Crippen molar-refractivity contribution >= 4 is 34.6 Å². The molecular weight excluding hydrogens is 420 g/mol. The molecule has 1 aliphatic rings. The lowest BCUT2D eigenvalue weighted by atomic mass is 10.2. The maximum Gasteiger partial charge on any atom is 0.349 e. The summed E-state index contributed by atoms with van der Waals surface area (Å²) in [5, 5.41) is 4.59. The molecule has 168 valence electrons. The van der Waals surface area contributed by atoms with Gasteiger partial charge in [0.1, 0.15) is 16.4 Å². The Balaban J connectivity index is 1.75. The first-order valence-corrected chi connectivity index (χ1v) is 11.2. The molecule has 1 saturated heterocycles. The van der Waals surface area contributed by atoms with Gasteiger partial charge in [0.2, 0.25) is 0 Å². The molecule has 8 nitrogen and oxygen atoms in total. The van der Waals surface area contributed by atoms with Crippen LogP contribution in [0.4, 0.5) is 11.4 Å². The van der Waals surface area contributed by atoms with E-state index in [1.54, 1.807) is 6.07 Å². The molecule has 2 aromatic rings. The van der Waals surface area contributed by atoms with Crippen molar-refractivity contribution in [1.29, 1.82) is 0 Å². The predicted molar refractivity (Wildman–Crippen MR) is 120 cm³/mol. The number of morpholine rings is 1. The zero-order valence-electron chi connectivity index (χ0n) is 18.1. The first kappa shape index (κ1) is 22.9. The maximum absolute atomic E-state index is 12.5. The summed E-state index contributed by atoms with van der Waals surface area (Å²) in [6.45, 7) is 8.91. The van der Waals surface area contributed by atoms with Crippen LogP contribution in [0, 0.1) is 6.92 Å². The summed E-state index contributed by atoms with van der Waals surface area (Å²) < 4.78 is 22.2. The molecule has 0 unspecified atom stereocenters. The summed E-state index contributed by atoms with van der Waals surface area (Å²) in [4.78, 5) is 27.3. The van der Waals surface area contributed by atoms with E-state index in [-0.39, 0.29) is 0 Å². The van der Waals surface area contributed by atoms with Crippen LogP contribution in [0.15, 0.2) is 23.6 Å². The Bertz CT molecular complexity index is 907. The Morgan fingerprint density at radius 3 is 2.48 bits per heavy atom. The van der Waals surface area contributed by atoms with Gasteiger partial charge in [-0.2, -0.15) is 0 Å². The van der Waals surface area contributed by atoms with Crippen molar-refractivity contribution in [3.8, 4) is 11.5 Å². The van der Waals surface area contributed by atoms with Gasteiger partial charge >= 0.3 is 5.97 Å². The molecule has 1 fully saturated rings. The van der Waals surface area contributed by atoms with Crippen molar-refractivity contribution in [2.75, 3.05) is 56.3 Å². The zero-order valence-corrected chi connectivity index (χ0v) is 18.9. The SMILES string of the molecule is CCOc1cc(N2CCOCC2)c(OCC)cc1NC(=O)COC(=O)c1sccc1C. The average Bonchev–Trinajstić information content (AvgIpc) is 3.20. The number of rotatable bonds is 9. The highest BCUT2D eigenvalue weighted by molar-refractivity contribution is 7.12. The third-order valence-electron chi connectivity index (χ3n) is 4.67. The fourth-order valence-corrected chi connectivity index (χ4v) is 4.03. The summed E-state index contributed by atoms with van der Waals surface area (Å²) >= 11 is 1.29. The molecule has 31 heavy (non-hydrogen) atoms. The van der Waals surface area contributed by atoms with E-state index in [0.29, 0.717) is 48.5 Å². The van der Waals surface area contributed by atoms with Crippen LogP contribution >= 0.6 is 11.3 Å². The van der Waals surface area contributed by atoms with Crippen LogP contribution in [0.25, 0.3) is 0 Å². The molecule has 0 bridgehead atoms. The molecule has 1 amide bonds. The van der Waals surface area contributed by atoms with E-state index < -0.39 is 18.5 Å². The first-order chi connectivity index (χ1) is 15.0. The number of hydrogen-bond acceptors (Lipinski definition) is 8. The predicted octanol–water partition coefficient (Wildman–Crippen LogP) is 3.49. The van der Waals surface area contributed by atoms with Gasteiger partial charge in [-0.25, -0.2) is 4.79 Å². The number of aryl methyl sites for hydroxylation is 1. The highest BCUT2D eigenvalue weighted by atomic mass is 32.1. The molecule has 1 aromatic carbocycles. The number of esters is 1. The number of nitrogens with one attached hydrogen (secondary N) is 1. The van der Waals surface area contributed by atoms with Crippen molar-refractivity contribution < 1.29 is 28.5 Å². The van der Waals surface area contributed by atoms with Crippen molar-refractivity contribution in [2.45, 2.75) is 20.8 Å². The third kappa shape index (κ3) is 5.89. The number of carbonyl (C=O) groups is 2. The molecule has 0 saturated carbocycles. The fourth-order valence-electron chi connectivity index (χ4n) is 3.21. The van der Waals surface area contributed by atoms with E-state index in [4.69, 9.17) is 18.9 Å². The Labute approximate surface area is 186 Å². The lowest BCUT2D eigenvalue weighted by Gasteiger charge is -2.31. The molecule has 0 aliphatic carbocycles. The molecule has 0 radical (unpaired) electrons. The summed E-state index contributed by atoms with van der Waals surface area (Å²) in [7, 11) is 0. The van der Waals surface area contributed by atoms with Gasteiger partial charge in [0.15, 0.2) is 6.61 Å². The standard InChI is InChI=1S/C22H28N2O6S/c1-4-28-18-13-17(24-7-9-27-10-8-24)19(29-5-2)12-16(18)23-20(25)14-30-22(26)21-15(3)6-11-31-21/h6,11-13H,4-5,7-10,14H2,1-3H3,(H,23,25). The summed E-state index contributed by atoms with van der Waals surface area (Å²) in [5.41, 5.74) is 2.19. The smallest absolute Gasteiger partial charge is 0.349 e. The van der Waals surface area contributed by atoms with Crippen LogP contribution in [0.5, 0.6) is 11.5 Å². The van der Waals surface area contributed by atoms with E-state index in [9.17, 15) is 9.59 Å². The minimum atomic E-state index is -0.509. The van der Waals surface area contributed by atoms with E-state index in [0.717, 1.165) is 24.3 Å². The molecular formula is C22H28N2O6S. The minimum absolute atomic E-state index is 0.392. The van der Waals surface area contributed by atoms with Gasteiger partial charge in [0.05, 0.1) is 37.8 Å². The molecule has 0 spiro atoms. The van der Waals surface area contributed by atoms with Gasteiger partial charge < -0.3 is 29.2 Å². The maximum atomic E-state index is 12.5. The van der Waals surface area contributed by atoms with Crippen LogP contribution in [-0.2, 0) is 14.3 Å². The van der Waals surface area contributed by atoms with Gasteiger partial charge in [-0.15, -0.1) is 11.3 Å². The number of benzene rings is 1. The fraction of sp³-hybridized carbons (Fsp3) is 0.455. The second kappa shape index (κ2) is 11.0. The van der Waals surface area contributed by atoms with Crippen LogP contribution in [-0.4, -0.2) is 58.0 Å². The van der Waals surface area contributed by atoms with Crippen molar-refractivity contribution in [3.05, 3.63) is 34.0 Å². The van der Waals surface area contributed by atoms with Gasteiger partial charge in [-0.3, -0.25) is 4.79 Å². The van der Waals surface area contributed by atoms with Gasteiger partial charge in [-0.05, 0) is 37.8 Å². The summed E-state index contributed by atoms with van der Waals surface area (Å²) in [6.07, 6.45) is 0. The van der Waals surface area contributed by atoms with Crippen molar-refractivity contribution in [3.63, 3.8) is 0 Å². The highest BCUT2D eigenvalue weighted by Gasteiger charge is 2.21. The highest BCUT2D eigenvalue weighted by Crippen LogP contribution is 2.39. The number of nitrogens with zero attached hydrogens (tertiary/aromatic N) is 1. The monoisotopic (exact) mass is 448 g/mol. The lowest BCUT2D eigenvalue weighted by molar-refractivity contribution is -0.119. The van der Waals surface area contributed by atoms with Crippen LogP contribution in [0.3, 0.4) is 0 Å². The van der Waals surface area contributed by atoms with Crippen LogP contribution in [0.2, 0.25) is 0 Å². The first-order valence-electron chi connectivity index (χ1n) is 10.3. The Morgan fingerprint density at radius 1 is 1.13 bits per heavy atom. The number of anilines is 2. The third-order valence-corrected chi connectivity index (χ3v) is 5.67. The van der Waals surface area contributed by atoms with Crippen LogP contribution < -0.4 is 19.7 Å². The van der Waals surface area contributed by atoms with Crippen LogP contribution in [0.1, 0.15) is 29.1 Å². The van der Waals surface area contributed by atoms with E-state index in [2.05, 4.69) is 10.2 Å². The second-order valence-corrected chi connectivity index (χ2v) is 7.75. The largest absolute Gasteiger partial charge is 0.492 e. The molecule has 1 aromatic heterocycles. The van der Waals surface area contributed by atoms with E-state index >= 15 is 0 Å². The number of ether oxygens (including phenoxy) is 4. The van der Waals surface area contributed by atoms with E-state index in [1.165, 1.54) is 11.3 Å². The molecule has 0 atom stereocenters. The number of amides is 1. The van der Waals surface area contributed by atoms with E-state index in [1.807, 2.05) is 38.3 Å². The molecule has 3 rings (SSSR count). The number of thiophene rings is 1. The lowest BCUT2D eigenvalue weighted by Crippen LogP contribution is -2.36. The minimum Gasteiger partial charge on any atom is -0.492 e. The Morgan fingerprint density at radius 2 is 1.84 bits per heavy atom. The summed E-state index contributed by atoms with van der Waals surface area (Å²) in [6, 6.07) is 5.46. The second-order valence-electron chi connectivity index (χ2n) is 6.84. The van der Waals surface area contributed by atoms with Gasteiger partial charge in [0, 0.05) is 25.2 Å². The van der Waals surface area contributed by atoms with Crippen molar-refractivity contribution in [2.24, 2.45) is 0 Å². The van der Waals surface area contributed by atoms with Gasteiger partial charge in [-0.1, -0.05) is 0 Å². The number of carbonyl (C=O) groups excluding carboxylic acids is 2. The molecule has 1 aliphatic heterocycles.